The fourth-order valence-corrected chi connectivity index (χ4v) is 2.94. The normalized spacial score (nSPS) is 18.6. The molecule has 0 fully saturated rings. The van der Waals surface area contributed by atoms with Gasteiger partial charge in [-0.3, -0.25) is 0 Å². The summed E-state index contributed by atoms with van der Waals surface area (Å²) in [6.07, 6.45) is 2.97. The molecule has 94 valence electrons. The van der Waals surface area contributed by atoms with Crippen LogP contribution >= 0.6 is 11.3 Å². The molecular formula is C14H17N3S. The van der Waals surface area contributed by atoms with Gasteiger partial charge in [0.05, 0.1) is 0 Å². The van der Waals surface area contributed by atoms with E-state index in [1.807, 2.05) is 11.6 Å². The number of fused-ring (bicyclic) bond motifs is 1. The van der Waals surface area contributed by atoms with E-state index in [1.165, 1.54) is 11.1 Å². The highest BCUT2D eigenvalue weighted by Gasteiger charge is 2.16. The van der Waals surface area contributed by atoms with Gasteiger partial charge in [-0.25, -0.2) is 4.98 Å². The minimum atomic E-state index is 0.528. The maximum atomic E-state index is 4.27. The van der Waals surface area contributed by atoms with Gasteiger partial charge in [-0.2, -0.15) is 0 Å². The van der Waals surface area contributed by atoms with E-state index in [0.717, 1.165) is 31.1 Å². The van der Waals surface area contributed by atoms with Gasteiger partial charge in [-0.15, -0.1) is 11.3 Å². The lowest BCUT2D eigenvalue weighted by Gasteiger charge is -2.26. The van der Waals surface area contributed by atoms with Crippen molar-refractivity contribution >= 4 is 11.3 Å². The van der Waals surface area contributed by atoms with Gasteiger partial charge in [-0.1, -0.05) is 24.3 Å². The third-order valence-corrected chi connectivity index (χ3v) is 4.10. The van der Waals surface area contributed by atoms with Crippen molar-refractivity contribution in [1.29, 1.82) is 0 Å². The van der Waals surface area contributed by atoms with Crippen LogP contribution in [0.4, 0.5) is 0 Å². The third kappa shape index (κ3) is 2.77. The SMILES string of the molecule is c1ccc2c(c1)CNC(CNCc1nccs1)C2. The lowest BCUT2D eigenvalue weighted by atomic mass is 9.96. The highest BCUT2D eigenvalue weighted by Crippen LogP contribution is 2.15. The average molecular weight is 259 g/mol. The van der Waals surface area contributed by atoms with Crippen LogP contribution in [0.2, 0.25) is 0 Å². The van der Waals surface area contributed by atoms with E-state index >= 15 is 0 Å². The minimum absolute atomic E-state index is 0.528. The Morgan fingerprint density at radius 1 is 1.33 bits per heavy atom. The Labute approximate surface area is 111 Å². The van der Waals surface area contributed by atoms with Gasteiger partial charge < -0.3 is 10.6 Å². The van der Waals surface area contributed by atoms with Gasteiger partial charge in [0.1, 0.15) is 5.01 Å². The molecule has 0 radical (unpaired) electrons. The maximum Gasteiger partial charge on any atom is 0.106 e. The van der Waals surface area contributed by atoms with Crippen LogP contribution in [0.3, 0.4) is 0 Å². The Morgan fingerprint density at radius 2 is 2.22 bits per heavy atom. The van der Waals surface area contributed by atoms with Crippen molar-refractivity contribution in [2.24, 2.45) is 0 Å². The Bertz CT molecular complexity index is 496. The van der Waals surface area contributed by atoms with Gasteiger partial charge in [0.2, 0.25) is 0 Å². The van der Waals surface area contributed by atoms with E-state index in [2.05, 4.69) is 39.9 Å². The fraction of sp³-hybridized carbons (Fsp3) is 0.357. The van der Waals surface area contributed by atoms with Crippen LogP contribution in [0.25, 0.3) is 0 Å². The van der Waals surface area contributed by atoms with E-state index in [9.17, 15) is 0 Å². The molecule has 0 saturated carbocycles. The van der Waals surface area contributed by atoms with Gasteiger partial charge in [0.15, 0.2) is 0 Å². The number of hydrogen-bond acceptors (Lipinski definition) is 4. The molecule has 1 aliphatic rings. The predicted octanol–water partition coefficient (Wildman–Crippen LogP) is 1.95. The molecule has 1 aromatic heterocycles. The molecule has 1 aromatic carbocycles. The number of thiazole rings is 1. The fourth-order valence-electron chi connectivity index (χ4n) is 2.36. The summed E-state index contributed by atoms with van der Waals surface area (Å²) in [6, 6.07) is 9.22. The highest BCUT2D eigenvalue weighted by molar-refractivity contribution is 7.09. The van der Waals surface area contributed by atoms with Crippen LogP contribution in [0.5, 0.6) is 0 Å². The second-order valence-corrected chi connectivity index (χ2v) is 5.59. The van der Waals surface area contributed by atoms with Crippen molar-refractivity contribution in [1.82, 2.24) is 15.6 Å². The summed E-state index contributed by atoms with van der Waals surface area (Å²) >= 11 is 1.70. The molecule has 2 aromatic rings. The molecule has 0 spiro atoms. The Kier molecular flexibility index (Phi) is 3.69. The summed E-state index contributed by atoms with van der Waals surface area (Å²) in [5.74, 6) is 0. The first kappa shape index (κ1) is 11.8. The number of nitrogens with zero attached hydrogens (tertiary/aromatic N) is 1. The van der Waals surface area contributed by atoms with Crippen molar-refractivity contribution in [2.45, 2.75) is 25.6 Å². The first-order valence-corrected chi connectivity index (χ1v) is 7.19. The second-order valence-electron chi connectivity index (χ2n) is 4.61. The smallest absolute Gasteiger partial charge is 0.106 e. The first-order chi connectivity index (χ1) is 8.92. The summed E-state index contributed by atoms with van der Waals surface area (Å²) in [5.41, 5.74) is 2.92. The maximum absolute atomic E-state index is 4.27. The molecule has 3 rings (SSSR count). The summed E-state index contributed by atoms with van der Waals surface area (Å²) in [4.78, 5) is 4.27. The standard InChI is InChI=1S/C14H17N3S/c1-2-4-12-8-17-13(7-11(12)3-1)9-15-10-14-16-5-6-18-14/h1-6,13,15,17H,7-10H2. The second kappa shape index (κ2) is 5.61. The van der Waals surface area contributed by atoms with Crippen LogP contribution in [0, 0.1) is 0 Å². The average Bonchev–Trinajstić information content (AvgIpc) is 2.92. The van der Waals surface area contributed by atoms with Crippen LogP contribution in [-0.2, 0) is 19.5 Å². The molecule has 0 saturated heterocycles. The first-order valence-electron chi connectivity index (χ1n) is 6.31. The topological polar surface area (TPSA) is 37.0 Å². The van der Waals surface area contributed by atoms with E-state index in [-0.39, 0.29) is 0 Å². The summed E-state index contributed by atoms with van der Waals surface area (Å²) in [6.45, 7) is 2.85. The monoisotopic (exact) mass is 259 g/mol. The zero-order valence-electron chi connectivity index (χ0n) is 10.2. The molecule has 18 heavy (non-hydrogen) atoms. The highest BCUT2D eigenvalue weighted by atomic mass is 32.1. The molecule has 2 heterocycles. The molecule has 0 amide bonds. The van der Waals surface area contributed by atoms with E-state index < -0.39 is 0 Å². The summed E-state index contributed by atoms with van der Waals surface area (Å²) < 4.78 is 0. The van der Waals surface area contributed by atoms with Crippen molar-refractivity contribution in [3.05, 3.63) is 52.0 Å². The summed E-state index contributed by atoms with van der Waals surface area (Å²) in [7, 11) is 0. The number of aromatic nitrogens is 1. The minimum Gasteiger partial charge on any atom is -0.309 e. The van der Waals surface area contributed by atoms with Crippen molar-refractivity contribution in [2.75, 3.05) is 6.54 Å². The zero-order chi connectivity index (χ0) is 12.2. The van der Waals surface area contributed by atoms with Gasteiger partial charge in [-0.05, 0) is 17.5 Å². The molecule has 0 aliphatic carbocycles. The van der Waals surface area contributed by atoms with Crippen LogP contribution < -0.4 is 10.6 Å². The number of benzene rings is 1. The van der Waals surface area contributed by atoms with E-state index in [0.29, 0.717) is 6.04 Å². The molecule has 3 nitrogen and oxygen atoms in total. The Hall–Kier alpha value is -1.23. The molecule has 0 bridgehead atoms. The zero-order valence-corrected chi connectivity index (χ0v) is 11.0. The third-order valence-electron chi connectivity index (χ3n) is 3.32. The molecule has 2 N–H and O–H groups in total. The molecular weight excluding hydrogens is 242 g/mol. The van der Waals surface area contributed by atoms with Crippen molar-refractivity contribution < 1.29 is 0 Å². The van der Waals surface area contributed by atoms with Crippen LogP contribution in [0.1, 0.15) is 16.1 Å². The molecule has 1 aliphatic heterocycles. The lowest BCUT2D eigenvalue weighted by molar-refractivity contribution is 0.447. The van der Waals surface area contributed by atoms with E-state index in [1.54, 1.807) is 11.3 Å². The molecule has 4 heteroatoms. The van der Waals surface area contributed by atoms with Gasteiger partial charge >= 0.3 is 0 Å². The summed E-state index contributed by atoms with van der Waals surface area (Å²) in [5, 5.41) is 10.2. The van der Waals surface area contributed by atoms with Crippen LogP contribution in [0.15, 0.2) is 35.8 Å². The Balaban J connectivity index is 1.51. The molecule has 1 unspecified atom stereocenters. The lowest BCUT2D eigenvalue weighted by Crippen LogP contribution is -2.42. The molecule has 1 atom stereocenters. The van der Waals surface area contributed by atoms with E-state index in [4.69, 9.17) is 0 Å². The van der Waals surface area contributed by atoms with Crippen LogP contribution in [-0.4, -0.2) is 17.6 Å². The van der Waals surface area contributed by atoms with Gasteiger partial charge in [0, 0.05) is 37.3 Å². The number of hydrogen-bond donors (Lipinski definition) is 2. The predicted molar refractivity (Wildman–Crippen MR) is 74.6 cm³/mol. The van der Waals surface area contributed by atoms with Gasteiger partial charge in [0.25, 0.3) is 0 Å². The van der Waals surface area contributed by atoms with Crippen molar-refractivity contribution in [3.8, 4) is 0 Å². The quantitative estimate of drug-likeness (QED) is 0.881. The Morgan fingerprint density at radius 3 is 3.06 bits per heavy atom. The van der Waals surface area contributed by atoms with Crippen molar-refractivity contribution in [3.63, 3.8) is 0 Å². The number of rotatable bonds is 4. The largest absolute Gasteiger partial charge is 0.309 e. The number of nitrogens with one attached hydrogen (secondary N) is 2.